The highest BCUT2D eigenvalue weighted by atomic mass is 16.3. The molecule has 1 aromatic carbocycles. The Balaban J connectivity index is 1.42. The zero-order valence-corrected chi connectivity index (χ0v) is 12.1. The Morgan fingerprint density at radius 2 is 2.14 bits per heavy atom. The van der Waals surface area contributed by atoms with Gasteiger partial charge in [0.15, 0.2) is 0 Å². The molecule has 0 fully saturated rings. The number of carbonyl (C=O) groups excluding carboxylic acids is 1. The molecule has 2 heterocycles. The smallest absolute Gasteiger partial charge is 0.244 e. The molecule has 1 N–H and O–H groups in total. The predicted molar refractivity (Wildman–Crippen MR) is 85.3 cm³/mol. The third kappa shape index (κ3) is 3.67. The van der Waals surface area contributed by atoms with Crippen molar-refractivity contribution >= 4 is 23.0 Å². The molecule has 4 heteroatoms. The van der Waals surface area contributed by atoms with Gasteiger partial charge in [-0.3, -0.25) is 4.79 Å². The molecule has 0 saturated heterocycles. The van der Waals surface area contributed by atoms with E-state index in [0.29, 0.717) is 6.54 Å². The van der Waals surface area contributed by atoms with E-state index in [1.165, 1.54) is 6.08 Å². The van der Waals surface area contributed by atoms with Crippen molar-refractivity contribution in [2.24, 2.45) is 0 Å². The van der Waals surface area contributed by atoms with Crippen LogP contribution in [-0.4, -0.2) is 12.5 Å². The van der Waals surface area contributed by atoms with Gasteiger partial charge in [0.25, 0.3) is 0 Å². The maximum Gasteiger partial charge on any atom is 0.244 e. The Bertz CT molecular complexity index is 736. The molecule has 3 rings (SSSR count). The van der Waals surface area contributed by atoms with Crippen molar-refractivity contribution in [2.75, 3.05) is 6.54 Å². The average molecular weight is 295 g/mol. The molecular formula is C18H17NO3. The van der Waals surface area contributed by atoms with Crippen molar-refractivity contribution in [2.45, 2.75) is 12.8 Å². The molecule has 0 aliphatic rings. The third-order valence-electron chi connectivity index (χ3n) is 3.35. The predicted octanol–water partition coefficient (Wildman–Crippen LogP) is 3.79. The van der Waals surface area contributed by atoms with Gasteiger partial charge in [0, 0.05) is 30.0 Å². The van der Waals surface area contributed by atoms with Crippen LogP contribution in [0.1, 0.15) is 17.7 Å². The van der Waals surface area contributed by atoms with E-state index in [9.17, 15) is 4.79 Å². The van der Waals surface area contributed by atoms with Gasteiger partial charge in [-0.15, -0.1) is 0 Å². The number of nitrogens with one attached hydrogen (secondary N) is 1. The van der Waals surface area contributed by atoms with E-state index in [0.717, 1.165) is 35.1 Å². The fraction of sp³-hybridized carbons (Fsp3) is 0.167. The van der Waals surface area contributed by atoms with E-state index in [2.05, 4.69) is 11.4 Å². The average Bonchev–Trinajstić information content (AvgIpc) is 3.18. The molecule has 0 saturated carbocycles. The molecule has 3 aromatic rings. The minimum atomic E-state index is -0.106. The lowest BCUT2D eigenvalue weighted by atomic mass is 10.2. The summed E-state index contributed by atoms with van der Waals surface area (Å²) in [4.78, 5) is 11.6. The summed E-state index contributed by atoms with van der Waals surface area (Å²) in [6.45, 7) is 0.617. The van der Waals surface area contributed by atoms with Crippen molar-refractivity contribution in [1.82, 2.24) is 5.32 Å². The molecule has 4 nitrogen and oxygen atoms in total. The van der Waals surface area contributed by atoms with E-state index in [4.69, 9.17) is 8.83 Å². The zero-order valence-electron chi connectivity index (χ0n) is 12.1. The van der Waals surface area contributed by atoms with Crippen LogP contribution in [0.4, 0.5) is 0 Å². The maximum absolute atomic E-state index is 11.6. The Morgan fingerprint density at radius 1 is 1.23 bits per heavy atom. The summed E-state index contributed by atoms with van der Waals surface area (Å²) >= 11 is 0. The highest BCUT2D eigenvalue weighted by Gasteiger charge is 2.03. The van der Waals surface area contributed by atoms with Crippen LogP contribution in [0.3, 0.4) is 0 Å². The molecule has 1 amide bonds. The first-order valence-electron chi connectivity index (χ1n) is 7.27. The molecule has 0 aliphatic carbocycles. The van der Waals surface area contributed by atoms with E-state index < -0.39 is 0 Å². The second-order valence-corrected chi connectivity index (χ2v) is 5.04. The minimum Gasteiger partial charge on any atom is -0.472 e. The van der Waals surface area contributed by atoms with Gasteiger partial charge in [-0.05, 0) is 30.7 Å². The lowest BCUT2D eigenvalue weighted by Gasteiger charge is -2.00. The Kier molecular flexibility index (Phi) is 4.39. The third-order valence-corrected chi connectivity index (χ3v) is 3.35. The van der Waals surface area contributed by atoms with Crippen molar-refractivity contribution in [3.8, 4) is 0 Å². The van der Waals surface area contributed by atoms with Gasteiger partial charge in [0.05, 0.1) is 12.5 Å². The first-order valence-corrected chi connectivity index (χ1v) is 7.27. The number of rotatable bonds is 6. The highest BCUT2D eigenvalue weighted by molar-refractivity contribution is 5.91. The number of furan rings is 2. The number of benzene rings is 1. The van der Waals surface area contributed by atoms with Gasteiger partial charge < -0.3 is 14.2 Å². The normalized spacial score (nSPS) is 11.3. The fourth-order valence-corrected chi connectivity index (χ4v) is 2.23. The summed E-state index contributed by atoms with van der Waals surface area (Å²) in [6, 6.07) is 11.8. The van der Waals surface area contributed by atoms with Crippen LogP contribution >= 0.6 is 0 Å². The van der Waals surface area contributed by atoms with Crippen molar-refractivity contribution in [3.63, 3.8) is 0 Å². The number of para-hydroxylation sites is 1. The van der Waals surface area contributed by atoms with Crippen molar-refractivity contribution < 1.29 is 13.6 Å². The topological polar surface area (TPSA) is 55.4 Å². The fourth-order valence-electron chi connectivity index (χ4n) is 2.23. The number of amides is 1. The molecule has 22 heavy (non-hydrogen) atoms. The van der Waals surface area contributed by atoms with Gasteiger partial charge >= 0.3 is 0 Å². The number of fused-ring (bicyclic) bond motifs is 1. The standard InChI is InChI=1S/C18H17NO3/c20-18(8-7-14-9-11-21-13-14)19-10-3-5-16-12-15-4-1-2-6-17(15)22-16/h1-2,4,6-9,11-13H,3,5,10H2,(H,19,20)/b8-7+. The quantitative estimate of drug-likeness (QED) is 0.556. The van der Waals surface area contributed by atoms with E-state index >= 15 is 0 Å². The summed E-state index contributed by atoms with van der Waals surface area (Å²) in [5, 5.41) is 3.97. The molecule has 0 atom stereocenters. The maximum atomic E-state index is 11.6. The summed E-state index contributed by atoms with van der Waals surface area (Å²) in [5.74, 6) is 0.843. The molecule has 0 bridgehead atoms. The SMILES string of the molecule is O=C(/C=C/c1ccoc1)NCCCc1cc2ccccc2o1. The highest BCUT2D eigenvalue weighted by Crippen LogP contribution is 2.19. The largest absolute Gasteiger partial charge is 0.472 e. The van der Waals surface area contributed by atoms with Crippen molar-refractivity contribution in [3.05, 3.63) is 66.3 Å². The van der Waals surface area contributed by atoms with E-state index in [1.54, 1.807) is 24.7 Å². The van der Waals surface area contributed by atoms with Gasteiger partial charge in [-0.2, -0.15) is 0 Å². The molecule has 0 spiro atoms. The van der Waals surface area contributed by atoms with Crippen LogP contribution < -0.4 is 5.32 Å². The van der Waals surface area contributed by atoms with E-state index in [1.807, 2.05) is 24.3 Å². The van der Waals surface area contributed by atoms with Gasteiger partial charge in [-0.1, -0.05) is 18.2 Å². The molecule has 2 aromatic heterocycles. The zero-order chi connectivity index (χ0) is 15.2. The van der Waals surface area contributed by atoms with Crippen LogP contribution in [0.2, 0.25) is 0 Å². The second kappa shape index (κ2) is 6.80. The summed E-state index contributed by atoms with van der Waals surface area (Å²) < 4.78 is 10.7. The summed E-state index contributed by atoms with van der Waals surface area (Å²) in [6.07, 6.45) is 8.03. The van der Waals surface area contributed by atoms with Gasteiger partial charge in [-0.25, -0.2) is 0 Å². The van der Waals surface area contributed by atoms with Crippen LogP contribution in [0, 0.1) is 0 Å². The summed E-state index contributed by atoms with van der Waals surface area (Å²) in [7, 11) is 0. The van der Waals surface area contributed by atoms with Gasteiger partial charge in [0.1, 0.15) is 11.3 Å². The van der Waals surface area contributed by atoms with Crippen LogP contribution in [0.25, 0.3) is 17.0 Å². The van der Waals surface area contributed by atoms with E-state index in [-0.39, 0.29) is 5.91 Å². The Hall–Kier alpha value is -2.75. The van der Waals surface area contributed by atoms with Crippen molar-refractivity contribution in [1.29, 1.82) is 0 Å². The lowest BCUT2D eigenvalue weighted by molar-refractivity contribution is -0.116. The molecule has 112 valence electrons. The van der Waals surface area contributed by atoms with Crippen LogP contribution in [0.5, 0.6) is 0 Å². The number of aryl methyl sites for hydroxylation is 1. The van der Waals surface area contributed by atoms with Crippen LogP contribution in [0.15, 0.2) is 63.8 Å². The monoisotopic (exact) mass is 295 g/mol. The number of hydrogen-bond donors (Lipinski definition) is 1. The molecule has 0 aliphatic heterocycles. The summed E-state index contributed by atoms with van der Waals surface area (Å²) in [5.41, 5.74) is 1.78. The second-order valence-electron chi connectivity index (χ2n) is 5.04. The van der Waals surface area contributed by atoms with Crippen LogP contribution in [-0.2, 0) is 11.2 Å². The Labute approximate surface area is 128 Å². The van der Waals surface area contributed by atoms with Gasteiger partial charge in [0.2, 0.25) is 5.91 Å². The molecular weight excluding hydrogens is 278 g/mol. The first kappa shape index (κ1) is 14.2. The molecule has 0 radical (unpaired) electrons. The first-order chi connectivity index (χ1) is 10.8. The number of carbonyl (C=O) groups is 1. The minimum absolute atomic E-state index is 0.106. The lowest BCUT2D eigenvalue weighted by Crippen LogP contribution is -2.22. The Morgan fingerprint density at radius 3 is 2.95 bits per heavy atom. The number of hydrogen-bond acceptors (Lipinski definition) is 3. The molecule has 0 unspecified atom stereocenters.